The molecule has 2 aromatic carbocycles. The molecule has 2 atom stereocenters. The van der Waals surface area contributed by atoms with E-state index >= 15 is 0 Å². The smallest absolute Gasteiger partial charge is 0.314 e. The van der Waals surface area contributed by atoms with Crippen LogP contribution < -0.4 is 0 Å². The quantitative estimate of drug-likeness (QED) is 0.618. The number of ketones is 1. The monoisotopic (exact) mass is 362 g/mol. The van der Waals surface area contributed by atoms with E-state index < -0.39 is 22.7 Å². The second-order valence-electron chi connectivity index (χ2n) is 5.38. The van der Waals surface area contributed by atoms with Gasteiger partial charge in [0.15, 0.2) is 5.78 Å². The molecule has 0 radical (unpaired) electrons. The summed E-state index contributed by atoms with van der Waals surface area (Å²) < 4.78 is 17.6. The van der Waals surface area contributed by atoms with Gasteiger partial charge in [0.05, 0.1) is 28.2 Å². The fraction of sp³-hybridized carbons (Fsp3) is 0.222. The molecule has 1 aliphatic heterocycles. The van der Waals surface area contributed by atoms with E-state index in [4.69, 9.17) is 16.3 Å². The first-order valence-corrected chi connectivity index (χ1v) is 9.20. The van der Waals surface area contributed by atoms with E-state index in [1.807, 2.05) is 6.07 Å². The van der Waals surface area contributed by atoms with E-state index in [1.165, 1.54) is 6.07 Å². The number of carbonyl (C=O) groups is 2. The average molecular weight is 363 g/mol. The zero-order valence-electron chi connectivity index (χ0n) is 13.0. The minimum Gasteiger partial charge on any atom is -0.465 e. The van der Waals surface area contributed by atoms with Crippen molar-refractivity contribution in [2.75, 3.05) is 12.4 Å². The van der Waals surface area contributed by atoms with Gasteiger partial charge in [-0.1, -0.05) is 41.9 Å². The third-order valence-corrected chi connectivity index (χ3v) is 5.62. The Balaban J connectivity index is 2.11. The van der Waals surface area contributed by atoms with Gasteiger partial charge in [-0.2, -0.15) is 0 Å². The molecule has 0 N–H and O–H groups in total. The third-order valence-electron chi connectivity index (χ3n) is 3.86. The van der Waals surface area contributed by atoms with Crippen LogP contribution in [-0.4, -0.2) is 28.3 Å². The van der Waals surface area contributed by atoms with Crippen LogP contribution in [0.1, 0.15) is 34.3 Å². The Morgan fingerprint density at radius 1 is 1.25 bits per heavy atom. The van der Waals surface area contributed by atoms with Crippen molar-refractivity contribution in [2.24, 2.45) is 0 Å². The van der Waals surface area contributed by atoms with Crippen LogP contribution in [0.3, 0.4) is 0 Å². The van der Waals surface area contributed by atoms with Gasteiger partial charge >= 0.3 is 5.97 Å². The van der Waals surface area contributed by atoms with Crippen LogP contribution in [0.2, 0.25) is 5.02 Å². The zero-order valence-corrected chi connectivity index (χ0v) is 14.5. The number of halogens is 1. The van der Waals surface area contributed by atoms with Crippen LogP contribution in [0.4, 0.5) is 0 Å². The summed E-state index contributed by atoms with van der Waals surface area (Å²) in [5.74, 6) is -1.23. The van der Waals surface area contributed by atoms with Crippen molar-refractivity contribution >= 4 is 34.2 Å². The highest BCUT2D eigenvalue weighted by Gasteiger charge is 2.38. The Hall–Kier alpha value is -1.98. The van der Waals surface area contributed by atoms with Gasteiger partial charge in [-0.25, -0.2) is 0 Å². The molecule has 0 unspecified atom stereocenters. The number of hydrogen-bond acceptors (Lipinski definition) is 4. The van der Waals surface area contributed by atoms with E-state index in [0.717, 1.165) is 0 Å². The zero-order chi connectivity index (χ0) is 17.3. The summed E-state index contributed by atoms with van der Waals surface area (Å²) in [6.45, 7) is 1.96. The molecule has 0 bridgehead atoms. The molecule has 0 spiro atoms. The summed E-state index contributed by atoms with van der Waals surface area (Å²) in [6.07, 6.45) is 0. The Morgan fingerprint density at radius 3 is 2.62 bits per heavy atom. The van der Waals surface area contributed by atoms with Crippen molar-refractivity contribution in [3.8, 4) is 0 Å². The van der Waals surface area contributed by atoms with Gasteiger partial charge in [0.1, 0.15) is 0 Å². The molecule has 1 aliphatic rings. The second-order valence-corrected chi connectivity index (χ2v) is 7.25. The van der Waals surface area contributed by atoms with Gasteiger partial charge in [0, 0.05) is 21.9 Å². The van der Waals surface area contributed by atoms with Crippen molar-refractivity contribution < 1.29 is 18.5 Å². The number of rotatable bonds is 4. The predicted octanol–water partition coefficient (Wildman–Crippen LogP) is 3.34. The summed E-state index contributed by atoms with van der Waals surface area (Å²) >= 11 is 6.15. The Labute approximate surface area is 147 Å². The maximum absolute atomic E-state index is 12.8. The minimum absolute atomic E-state index is 0.115. The van der Waals surface area contributed by atoms with Crippen LogP contribution in [0, 0.1) is 0 Å². The number of benzene rings is 2. The van der Waals surface area contributed by atoms with Gasteiger partial charge in [0.25, 0.3) is 0 Å². The predicted molar refractivity (Wildman–Crippen MR) is 92.0 cm³/mol. The highest BCUT2D eigenvalue weighted by molar-refractivity contribution is 7.85. The molecule has 0 fully saturated rings. The van der Waals surface area contributed by atoms with Crippen LogP contribution in [0.25, 0.3) is 0 Å². The van der Waals surface area contributed by atoms with Gasteiger partial charge in [0.2, 0.25) is 0 Å². The summed E-state index contributed by atoms with van der Waals surface area (Å²) in [5, 5.41) is 0.334. The molecule has 1 heterocycles. The molecule has 24 heavy (non-hydrogen) atoms. The SMILES string of the molecule is CCOC(=O)[C@@H]1C[S@](=O)c2c(C(=O)c3ccccc3)cc(Cl)cc21. The number of ether oxygens (including phenoxy) is 1. The van der Waals surface area contributed by atoms with Crippen molar-refractivity contribution in [2.45, 2.75) is 17.7 Å². The number of esters is 1. The fourth-order valence-corrected chi connectivity index (χ4v) is 4.68. The average Bonchev–Trinajstić information content (AvgIpc) is 2.91. The number of hydrogen-bond donors (Lipinski definition) is 0. The summed E-state index contributed by atoms with van der Waals surface area (Å²) in [5.41, 5.74) is 1.30. The van der Waals surface area contributed by atoms with E-state index in [9.17, 15) is 13.8 Å². The molecule has 0 amide bonds. The third kappa shape index (κ3) is 3.01. The van der Waals surface area contributed by atoms with E-state index in [2.05, 4.69) is 0 Å². The summed E-state index contributed by atoms with van der Waals surface area (Å²) in [6, 6.07) is 11.8. The molecular formula is C18H15ClO4S. The maximum atomic E-state index is 12.8. The standard InChI is InChI=1S/C18H15ClO4S/c1-2-23-18(21)15-10-24(22)17-13(15)8-12(19)9-14(17)16(20)11-6-4-3-5-7-11/h3-9,15H,2,10H2,1H3/t15-,24+/m1/s1. The minimum atomic E-state index is -1.45. The molecule has 0 aromatic heterocycles. The van der Waals surface area contributed by atoms with Gasteiger partial charge < -0.3 is 4.74 Å². The van der Waals surface area contributed by atoms with Crippen molar-refractivity contribution in [1.82, 2.24) is 0 Å². The lowest BCUT2D eigenvalue weighted by molar-refractivity contribution is -0.144. The molecule has 124 valence electrons. The van der Waals surface area contributed by atoms with Crippen molar-refractivity contribution in [3.63, 3.8) is 0 Å². The second kappa shape index (κ2) is 6.87. The lowest BCUT2D eigenvalue weighted by Crippen LogP contribution is -2.16. The van der Waals surface area contributed by atoms with E-state index in [1.54, 1.807) is 37.3 Å². The molecule has 0 saturated carbocycles. The lowest BCUT2D eigenvalue weighted by Gasteiger charge is -2.11. The summed E-state index contributed by atoms with van der Waals surface area (Å²) in [4.78, 5) is 25.3. The van der Waals surface area contributed by atoms with E-state index in [0.29, 0.717) is 21.0 Å². The molecule has 6 heteroatoms. The van der Waals surface area contributed by atoms with Crippen molar-refractivity contribution in [3.05, 3.63) is 64.2 Å². The first-order chi connectivity index (χ1) is 11.5. The van der Waals surface area contributed by atoms with Crippen LogP contribution in [0.15, 0.2) is 47.4 Å². The van der Waals surface area contributed by atoms with Gasteiger partial charge in [-0.3, -0.25) is 13.8 Å². The Morgan fingerprint density at radius 2 is 1.96 bits per heavy atom. The molecular weight excluding hydrogens is 348 g/mol. The van der Waals surface area contributed by atoms with Crippen molar-refractivity contribution in [1.29, 1.82) is 0 Å². The first kappa shape index (κ1) is 16.9. The molecule has 0 saturated heterocycles. The lowest BCUT2D eigenvalue weighted by atomic mass is 9.95. The van der Waals surface area contributed by atoms with Crippen LogP contribution >= 0.6 is 11.6 Å². The summed E-state index contributed by atoms with van der Waals surface area (Å²) in [7, 11) is -1.45. The van der Waals surface area contributed by atoms with E-state index in [-0.39, 0.29) is 23.7 Å². The van der Waals surface area contributed by atoms with Crippen LogP contribution in [-0.2, 0) is 20.3 Å². The molecule has 4 nitrogen and oxygen atoms in total. The largest absolute Gasteiger partial charge is 0.465 e. The first-order valence-electron chi connectivity index (χ1n) is 7.51. The topological polar surface area (TPSA) is 60.4 Å². The number of carbonyl (C=O) groups excluding carboxylic acids is 2. The fourth-order valence-electron chi connectivity index (χ4n) is 2.80. The maximum Gasteiger partial charge on any atom is 0.314 e. The molecule has 2 aromatic rings. The number of fused-ring (bicyclic) bond motifs is 1. The Bertz CT molecular complexity index is 832. The molecule has 3 rings (SSSR count). The Kier molecular flexibility index (Phi) is 4.83. The highest BCUT2D eigenvalue weighted by atomic mass is 35.5. The van der Waals surface area contributed by atoms with Gasteiger partial charge in [-0.15, -0.1) is 0 Å². The molecule has 0 aliphatic carbocycles. The van der Waals surface area contributed by atoms with Gasteiger partial charge in [-0.05, 0) is 24.6 Å². The normalized spacial score (nSPS) is 18.9. The highest BCUT2D eigenvalue weighted by Crippen LogP contribution is 2.38. The van der Waals surface area contributed by atoms with Crippen LogP contribution in [0.5, 0.6) is 0 Å².